The highest BCUT2D eigenvalue weighted by molar-refractivity contribution is 6.41. The van der Waals surface area contributed by atoms with E-state index in [1.54, 1.807) is 5.16 Å². The molecular formula is C4H3N3O5. The molecule has 0 aliphatic heterocycles. The Balaban J connectivity index is 3.22. The Morgan fingerprint density at radius 2 is 2.33 bits per heavy atom. The van der Waals surface area contributed by atoms with E-state index in [0.29, 0.717) is 0 Å². The molecule has 1 rings (SSSR count). The molecule has 0 unspecified atom stereocenters. The van der Waals surface area contributed by atoms with Crippen molar-refractivity contribution in [1.82, 2.24) is 10.3 Å². The molecule has 0 atom stereocenters. The van der Waals surface area contributed by atoms with E-state index in [1.807, 2.05) is 0 Å². The Hall–Kier alpha value is -2.12. The number of carboxylic acids is 1. The maximum atomic E-state index is 10.7. The SMILES string of the molecule is O=C(O)/C(=N\O)c1no[nH]c1=O. The lowest BCUT2D eigenvalue weighted by Crippen LogP contribution is -2.22. The largest absolute Gasteiger partial charge is 0.476 e. The molecule has 0 amide bonds. The zero-order chi connectivity index (χ0) is 9.14. The number of carboxylic acid groups (broad SMARTS) is 1. The fraction of sp³-hybridized carbons (Fsp3) is 0. The molecule has 0 radical (unpaired) electrons. The molecule has 0 aromatic carbocycles. The van der Waals surface area contributed by atoms with E-state index in [1.165, 1.54) is 0 Å². The maximum Gasteiger partial charge on any atom is 0.360 e. The Kier molecular flexibility index (Phi) is 1.90. The second-order valence-electron chi connectivity index (χ2n) is 1.72. The van der Waals surface area contributed by atoms with Gasteiger partial charge in [0.25, 0.3) is 0 Å². The van der Waals surface area contributed by atoms with Crippen molar-refractivity contribution in [2.24, 2.45) is 5.16 Å². The third-order valence-electron chi connectivity index (χ3n) is 1.02. The van der Waals surface area contributed by atoms with Crippen LogP contribution in [0, 0.1) is 0 Å². The van der Waals surface area contributed by atoms with Gasteiger partial charge in [-0.3, -0.25) is 9.42 Å². The molecule has 0 saturated heterocycles. The van der Waals surface area contributed by atoms with Crippen LogP contribution >= 0.6 is 0 Å². The summed E-state index contributed by atoms with van der Waals surface area (Å²) in [6.45, 7) is 0. The lowest BCUT2D eigenvalue weighted by Gasteiger charge is -1.87. The first-order valence-electron chi connectivity index (χ1n) is 2.67. The molecule has 1 aromatic rings. The number of carbonyl (C=O) groups is 1. The summed E-state index contributed by atoms with van der Waals surface area (Å²) in [5.74, 6) is -1.57. The van der Waals surface area contributed by atoms with E-state index < -0.39 is 22.9 Å². The predicted molar refractivity (Wildman–Crippen MR) is 33.1 cm³/mol. The third kappa shape index (κ3) is 1.17. The topological polar surface area (TPSA) is 129 Å². The molecule has 64 valence electrons. The van der Waals surface area contributed by atoms with Crippen LogP contribution in [0.2, 0.25) is 0 Å². The molecule has 0 fully saturated rings. The molecule has 1 heterocycles. The van der Waals surface area contributed by atoms with Gasteiger partial charge in [0, 0.05) is 0 Å². The van der Waals surface area contributed by atoms with Gasteiger partial charge in [0.05, 0.1) is 0 Å². The highest BCUT2D eigenvalue weighted by Gasteiger charge is 2.20. The molecule has 3 N–H and O–H groups in total. The van der Waals surface area contributed by atoms with Gasteiger partial charge in [-0.05, 0) is 5.16 Å². The van der Waals surface area contributed by atoms with E-state index in [4.69, 9.17) is 10.3 Å². The Labute approximate surface area is 64.1 Å². The van der Waals surface area contributed by atoms with Crippen LogP contribution in [0.5, 0.6) is 0 Å². The van der Waals surface area contributed by atoms with Crippen molar-refractivity contribution in [3.63, 3.8) is 0 Å². The van der Waals surface area contributed by atoms with Crippen molar-refractivity contribution in [1.29, 1.82) is 0 Å². The molecule has 1 aromatic heterocycles. The minimum atomic E-state index is -1.57. The normalized spacial score (nSPS) is 11.5. The maximum absolute atomic E-state index is 10.7. The van der Waals surface area contributed by atoms with Crippen LogP contribution in [0.4, 0.5) is 0 Å². The number of aliphatic carboxylic acids is 1. The van der Waals surface area contributed by atoms with Crippen LogP contribution in [0.1, 0.15) is 5.69 Å². The van der Waals surface area contributed by atoms with Gasteiger partial charge < -0.3 is 10.3 Å². The van der Waals surface area contributed by atoms with Gasteiger partial charge in [0.1, 0.15) is 0 Å². The number of oxime groups is 1. The first-order valence-corrected chi connectivity index (χ1v) is 2.67. The van der Waals surface area contributed by atoms with Gasteiger partial charge in [0.15, 0.2) is 0 Å². The van der Waals surface area contributed by atoms with Crippen LogP contribution in [-0.4, -0.2) is 32.3 Å². The first kappa shape index (κ1) is 7.98. The summed E-state index contributed by atoms with van der Waals surface area (Å²) in [5.41, 5.74) is -2.32. The van der Waals surface area contributed by atoms with Crippen LogP contribution in [0.25, 0.3) is 0 Å². The molecule has 0 aliphatic carbocycles. The zero-order valence-corrected chi connectivity index (χ0v) is 5.51. The summed E-state index contributed by atoms with van der Waals surface area (Å²) in [6, 6.07) is 0. The number of nitrogens with one attached hydrogen (secondary N) is 1. The average molecular weight is 173 g/mol. The minimum Gasteiger partial charge on any atom is -0.476 e. The first-order chi connectivity index (χ1) is 5.66. The summed E-state index contributed by atoms with van der Waals surface area (Å²) < 4.78 is 4.04. The smallest absolute Gasteiger partial charge is 0.360 e. The van der Waals surface area contributed by atoms with Gasteiger partial charge in [-0.15, -0.1) is 0 Å². The zero-order valence-electron chi connectivity index (χ0n) is 5.51. The van der Waals surface area contributed by atoms with Gasteiger partial charge in [-0.2, -0.15) is 5.16 Å². The lowest BCUT2D eigenvalue weighted by molar-refractivity contribution is -0.129. The summed E-state index contributed by atoms with van der Waals surface area (Å²) in [4.78, 5) is 20.9. The molecule has 12 heavy (non-hydrogen) atoms. The Bertz CT molecular complexity index is 374. The summed E-state index contributed by atoms with van der Waals surface area (Å²) in [7, 11) is 0. The molecule has 0 spiro atoms. The van der Waals surface area contributed by atoms with Crippen molar-refractivity contribution < 1.29 is 19.7 Å². The second kappa shape index (κ2) is 2.86. The van der Waals surface area contributed by atoms with Gasteiger partial charge >= 0.3 is 11.5 Å². The molecule has 0 bridgehead atoms. The highest BCUT2D eigenvalue weighted by Crippen LogP contribution is 1.88. The van der Waals surface area contributed by atoms with Crippen molar-refractivity contribution in [2.45, 2.75) is 0 Å². The van der Waals surface area contributed by atoms with Crippen LogP contribution in [-0.2, 0) is 4.79 Å². The summed E-state index contributed by atoms with van der Waals surface area (Å²) in [5, 5.41) is 23.6. The van der Waals surface area contributed by atoms with E-state index >= 15 is 0 Å². The van der Waals surface area contributed by atoms with E-state index in [0.717, 1.165) is 0 Å². The average Bonchev–Trinajstić information content (AvgIpc) is 2.38. The fourth-order valence-corrected chi connectivity index (χ4v) is 0.542. The van der Waals surface area contributed by atoms with Crippen molar-refractivity contribution >= 4 is 11.7 Å². The van der Waals surface area contributed by atoms with E-state index in [9.17, 15) is 9.59 Å². The van der Waals surface area contributed by atoms with Crippen molar-refractivity contribution in [3.05, 3.63) is 16.0 Å². The second-order valence-corrected chi connectivity index (χ2v) is 1.72. The quantitative estimate of drug-likeness (QED) is 0.287. The summed E-state index contributed by atoms with van der Waals surface area (Å²) in [6.07, 6.45) is 0. The predicted octanol–water partition coefficient (Wildman–Crippen LogP) is -1.37. The molecule has 8 nitrogen and oxygen atoms in total. The third-order valence-corrected chi connectivity index (χ3v) is 1.02. The van der Waals surface area contributed by atoms with Crippen LogP contribution in [0.3, 0.4) is 0 Å². The number of H-pyrrole nitrogens is 1. The molecule has 0 saturated carbocycles. The number of hydrogen-bond acceptors (Lipinski definition) is 6. The van der Waals surface area contributed by atoms with E-state index in [-0.39, 0.29) is 0 Å². The Morgan fingerprint density at radius 3 is 2.67 bits per heavy atom. The minimum absolute atomic E-state index is 0.579. The number of rotatable bonds is 2. The number of hydrogen-bond donors (Lipinski definition) is 3. The standard InChI is InChI=1S/C4H3N3O5/c8-3-1(6-12-7-3)2(5-11)4(9)10/h11H,(H,7,8)(H,9,10)/b5-2-. The van der Waals surface area contributed by atoms with Gasteiger partial charge in [-0.1, -0.05) is 5.16 Å². The number of nitrogens with zero attached hydrogens (tertiary/aromatic N) is 2. The highest BCUT2D eigenvalue weighted by atomic mass is 16.6. The van der Waals surface area contributed by atoms with Gasteiger partial charge in [-0.25, -0.2) is 4.79 Å². The Morgan fingerprint density at radius 1 is 1.67 bits per heavy atom. The lowest BCUT2D eigenvalue weighted by atomic mass is 10.3. The van der Waals surface area contributed by atoms with Gasteiger partial charge in [0.2, 0.25) is 11.4 Å². The summed E-state index contributed by atoms with van der Waals surface area (Å²) >= 11 is 0. The molecular weight excluding hydrogens is 170 g/mol. The monoisotopic (exact) mass is 173 g/mol. The van der Waals surface area contributed by atoms with E-state index in [2.05, 4.69) is 14.9 Å². The van der Waals surface area contributed by atoms with Crippen molar-refractivity contribution in [2.75, 3.05) is 0 Å². The molecule has 8 heteroatoms. The van der Waals surface area contributed by atoms with Crippen molar-refractivity contribution in [3.8, 4) is 0 Å². The molecule has 0 aliphatic rings. The van der Waals surface area contributed by atoms with Crippen LogP contribution in [0.15, 0.2) is 14.6 Å². The van der Waals surface area contributed by atoms with Crippen LogP contribution < -0.4 is 5.56 Å². The fourth-order valence-electron chi connectivity index (χ4n) is 0.542. The number of aromatic amines is 1. The number of aromatic nitrogens is 2.